The molecular weight excluding hydrogens is 362 g/mol. The molecule has 5 rings (SSSR count). The average Bonchev–Trinajstić information content (AvgIpc) is 3.36. The van der Waals surface area contributed by atoms with Gasteiger partial charge in [-0.25, -0.2) is 4.99 Å². The van der Waals surface area contributed by atoms with Crippen molar-refractivity contribution in [1.82, 2.24) is 10.2 Å². The Balaban J connectivity index is 1.50. The highest BCUT2D eigenvalue weighted by atomic mass is 32.1. The highest BCUT2D eigenvalue weighted by Crippen LogP contribution is 2.44. The van der Waals surface area contributed by atoms with Crippen molar-refractivity contribution in [3.05, 3.63) is 70.7 Å². The monoisotopic (exact) mass is 373 g/mol. The standard InChI is InChI=1S/C19H11N5O2S/c20-15-14(13-11-8-4-5-9-12(11)21-17(13)26-15)18-23-24-19(27-18)22-16(25)10-6-2-1-3-7-10/h1-9,20H,(H,22,24,25). The van der Waals surface area contributed by atoms with Gasteiger partial charge in [-0.15, -0.1) is 10.2 Å². The number of nitrogens with zero attached hydrogens (tertiary/aromatic N) is 3. The summed E-state index contributed by atoms with van der Waals surface area (Å²) in [6, 6.07) is 16.5. The number of para-hydroxylation sites is 1. The molecule has 0 spiro atoms. The van der Waals surface area contributed by atoms with E-state index in [2.05, 4.69) is 20.5 Å². The van der Waals surface area contributed by atoms with Crippen LogP contribution >= 0.6 is 11.3 Å². The molecule has 0 atom stereocenters. The molecule has 0 aliphatic carbocycles. The van der Waals surface area contributed by atoms with Gasteiger partial charge in [-0.1, -0.05) is 47.7 Å². The molecule has 0 saturated heterocycles. The van der Waals surface area contributed by atoms with Crippen LogP contribution in [0, 0.1) is 5.41 Å². The number of aromatic nitrogens is 2. The smallest absolute Gasteiger partial charge is 0.257 e. The molecule has 8 heteroatoms. The number of fused-ring (bicyclic) bond motifs is 3. The van der Waals surface area contributed by atoms with Crippen molar-refractivity contribution < 1.29 is 9.53 Å². The first-order chi connectivity index (χ1) is 13.2. The van der Waals surface area contributed by atoms with Gasteiger partial charge in [0, 0.05) is 11.1 Å². The van der Waals surface area contributed by atoms with Gasteiger partial charge in [0.25, 0.3) is 5.91 Å². The Kier molecular flexibility index (Phi) is 3.44. The molecule has 130 valence electrons. The first-order valence-corrected chi connectivity index (χ1v) is 8.92. The molecule has 2 aliphatic heterocycles. The van der Waals surface area contributed by atoms with Crippen LogP contribution in [0.3, 0.4) is 0 Å². The first-order valence-electron chi connectivity index (χ1n) is 8.10. The zero-order valence-corrected chi connectivity index (χ0v) is 14.6. The van der Waals surface area contributed by atoms with E-state index in [9.17, 15) is 4.79 Å². The highest BCUT2D eigenvalue weighted by Gasteiger charge is 2.37. The zero-order chi connectivity index (χ0) is 18.4. The minimum absolute atomic E-state index is 0.0182. The van der Waals surface area contributed by atoms with E-state index in [1.54, 1.807) is 24.3 Å². The molecule has 2 aliphatic rings. The quantitative estimate of drug-likeness (QED) is 0.730. The number of ether oxygens (including phenoxy) is 1. The Morgan fingerprint density at radius 3 is 2.63 bits per heavy atom. The van der Waals surface area contributed by atoms with Crippen molar-refractivity contribution in [2.75, 3.05) is 5.32 Å². The number of rotatable bonds is 3. The molecule has 27 heavy (non-hydrogen) atoms. The lowest BCUT2D eigenvalue weighted by Gasteiger charge is -2.01. The van der Waals surface area contributed by atoms with Crippen molar-refractivity contribution in [1.29, 1.82) is 5.41 Å². The lowest BCUT2D eigenvalue weighted by Crippen LogP contribution is -2.11. The molecule has 1 aromatic heterocycles. The van der Waals surface area contributed by atoms with Crippen molar-refractivity contribution in [2.45, 2.75) is 0 Å². The maximum atomic E-state index is 12.3. The van der Waals surface area contributed by atoms with Crippen molar-refractivity contribution in [3.8, 4) is 0 Å². The summed E-state index contributed by atoms with van der Waals surface area (Å²) in [5.74, 6) is 0.124. The van der Waals surface area contributed by atoms with E-state index in [-0.39, 0.29) is 11.8 Å². The summed E-state index contributed by atoms with van der Waals surface area (Å²) in [5, 5.41) is 19.9. The Morgan fingerprint density at radius 2 is 1.78 bits per heavy atom. The van der Waals surface area contributed by atoms with Gasteiger partial charge in [0.15, 0.2) is 5.01 Å². The van der Waals surface area contributed by atoms with Crippen LogP contribution in [0.2, 0.25) is 0 Å². The number of nitrogens with one attached hydrogen (secondary N) is 2. The molecule has 0 saturated carbocycles. The molecule has 0 bridgehead atoms. The molecule has 0 fully saturated rings. The van der Waals surface area contributed by atoms with Gasteiger partial charge in [0.2, 0.25) is 16.9 Å². The lowest BCUT2D eigenvalue weighted by atomic mass is 10.0. The predicted octanol–water partition coefficient (Wildman–Crippen LogP) is 3.75. The molecule has 7 nitrogen and oxygen atoms in total. The van der Waals surface area contributed by atoms with Gasteiger partial charge in [-0.05, 0) is 18.2 Å². The minimum Gasteiger partial charge on any atom is -0.420 e. The number of carbonyl (C=O) groups is 1. The summed E-state index contributed by atoms with van der Waals surface area (Å²) in [4.78, 5) is 16.7. The van der Waals surface area contributed by atoms with Crippen LogP contribution in [0.5, 0.6) is 0 Å². The molecule has 2 N–H and O–H groups in total. The minimum atomic E-state index is -0.262. The van der Waals surface area contributed by atoms with Crippen molar-refractivity contribution >= 4 is 51.0 Å². The third kappa shape index (κ3) is 2.54. The number of hydrogen-bond acceptors (Lipinski definition) is 7. The van der Waals surface area contributed by atoms with Crippen LogP contribution in [0.1, 0.15) is 20.9 Å². The molecule has 0 unspecified atom stereocenters. The third-order valence-corrected chi connectivity index (χ3v) is 5.04. The van der Waals surface area contributed by atoms with Crippen LogP contribution in [-0.4, -0.2) is 27.9 Å². The number of aliphatic imine (C=N–C) groups is 1. The molecule has 0 radical (unpaired) electrons. The Morgan fingerprint density at radius 1 is 1.00 bits per heavy atom. The van der Waals surface area contributed by atoms with Gasteiger partial charge in [-0.2, -0.15) is 0 Å². The summed E-state index contributed by atoms with van der Waals surface area (Å²) in [5.41, 5.74) is 3.51. The average molecular weight is 373 g/mol. The summed E-state index contributed by atoms with van der Waals surface area (Å²) < 4.78 is 5.51. The molecule has 1 amide bonds. The van der Waals surface area contributed by atoms with Crippen LogP contribution in [0.15, 0.2) is 59.6 Å². The van der Waals surface area contributed by atoms with E-state index in [1.165, 1.54) is 11.3 Å². The first kappa shape index (κ1) is 15.6. The second kappa shape index (κ2) is 5.96. The fraction of sp³-hybridized carbons (Fsp3) is 0. The number of anilines is 1. The fourth-order valence-electron chi connectivity index (χ4n) is 2.98. The van der Waals surface area contributed by atoms with E-state index in [4.69, 9.17) is 10.1 Å². The number of amides is 1. The maximum Gasteiger partial charge on any atom is 0.257 e. The molecule has 3 aromatic rings. The fourth-order valence-corrected chi connectivity index (χ4v) is 3.76. The van der Waals surface area contributed by atoms with Gasteiger partial charge >= 0.3 is 0 Å². The van der Waals surface area contributed by atoms with E-state index < -0.39 is 0 Å². The third-order valence-electron chi connectivity index (χ3n) is 4.18. The van der Waals surface area contributed by atoms with Crippen LogP contribution in [0.4, 0.5) is 10.8 Å². The van der Waals surface area contributed by atoms with Gasteiger partial charge in [0.1, 0.15) is 0 Å². The highest BCUT2D eigenvalue weighted by molar-refractivity contribution is 7.17. The van der Waals surface area contributed by atoms with Gasteiger partial charge in [-0.3, -0.25) is 15.5 Å². The second-order valence-electron chi connectivity index (χ2n) is 5.85. The predicted molar refractivity (Wildman–Crippen MR) is 103 cm³/mol. The lowest BCUT2D eigenvalue weighted by molar-refractivity contribution is 0.102. The number of carbonyl (C=O) groups excluding carboxylic acids is 1. The van der Waals surface area contributed by atoms with E-state index >= 15 is 0 Å². The topological polar surface area (TPSA) is 100 Å². The second-order valence-corrected chi connectivity index (χ2v) is 6.83. The number of benzene rings is 2. The van der Waals surface area contributed by atoms with Crippen LogP contribution in [-0.2, 0) is 4.74 Å². The van der Waals surface area contributed by atoms with E-state index in [0.29, 0.717) is 27.2 Å². The van der Waals surface area contributed by atoms with E-state index in [0.717, 1.165) is 16.8 Å². The number of hydrogen-bond donors (Lipinski definition) is 2. The summed E-state index contributed by atoms with van der Waals surface area (Å²) in [7, 11) is 0. The normalized spacial score (nSPS) is 14.5. The van der Waals surface area contributed by atoms with Crippen molar-refractivity contribution in [3.63, 3.8) is 0 Å². The Bertz CT molecular complexity index is 1160. The Labute approximate surface area is 157 Å². The SMILES string of the molecule is N=C1OC2=Nc3ccccc3C2=C1c1nnc(NC(=O)c2ccccc2)s1. The largest absolute Gasteiger partial charge is 0.420 e. The summed E-state index contributed by atoms with van der Waals surface area (Å²) in [6.45, 7) is 0. The van der Waals surface area contributed by atoms with Crippen LogP contribution in [0.25, 0.3) is 11.1 Å². The van der Waals surface area contributed by atoms with Crippen molar-refractivity contribution in [2.24, 2.45) is 4.99 Å². The van der Waals surface area contributed by atoms with E-state index in [1.807, 2.05) is 30.3 Å². The zero-order valence-electron chi connectivity index (χ0n) is 13.8. The summed E-state index contributed by atoms with van der Waals surface area (Å²) >= 11 is 1.19. The molecular formula is C19H11N5O2S. The molecule has 2 aromatic carbocycles. The van der Waals surface area contributed by atoms with Gasteiger partial charge in [0.05, 0.1) is 16.8 Å². The Hall–Kier alpha value is -3.65. The summed E-state index contributed by atoms with van der Waals surface area (Å²) in [6.07, 6.45) is 0. The van der Waals surface area contributed by atoms with Gasteiger partial charge < -0.3 is 4.74 Å². The maximum absolute atomic E-state index is 12.3. The van der Waals surface area contributed by atoms with Crippen LogP contribution < -0.4 is 5.32 Å². The molecule has 3 heterocycles.